The second-order valence-electron chi connectivity index (χ2n) is 5.53. The Kier molecular flexibility index (Phi) is 4.99. The van der Waals surface area contributed by atoms with Crippen molar-refractivity contribution in [1.82, 2.24) is 15.3 Å². The van der Waals surface area contributed by atoms with Crippen molar-refractivity contribution in [2.45, 2.75) is 38.6 Å². The van der Waals surface area contributed by atoms with Gasteiger partial charge in [0.25, 0.3) is 0 Å². The normalized spacial score (nSPS) is 24.3. The van der Waals surface area contributed by atoms with Crippen molar-refractivity contribution in [3.63, 3.8) is 0 Å². The molecule has 0 saturated carbocycles. The number of nitrogens with one attached hydrogen (secondary N) is 1. The summed E-state index contributed by atoms with van der Waals surface area (Å²) < 4.78 is 0. The van der Waals surface area contributed by atoms with Crippen LogP contribution < -0.4 is 10.2 Å². The van der Waals surface area contributed by atoms with E-state index in [0.717, 1.165) is 36.7 Å². The van der Waals surface area contributed by atoms with E-state index < -0.39 is 0 Å². The molecule has 1 N–H and O–H groups in total. The zero-order chi connectivity index (χ0) is 12.4. The van der Waals surface area contributed by atoms with Crippen LogP contribution in [0, 0.1) is 12.8 Å². The molecule has 1 aromatic rings. The van der Waals surface area contributed by atoms with Gasteiger partial charge in [0.1, 0.15) is 0 Å². The van der Waals surface area contributed by atoms with Crippen LogP contribution >= 0.6 is 12.4 Å². The largest absolute Gasteiger partial charge is 0.341 e. The summed E-state index contributed by atoms with van der Waals surface area (Å²) in [5, 5.41) is 3.64. The lowest BCUT2D eigenvalue weighted by Gasteiger charge is -2.34. The Labute approximate surface area is 121 Å². The first-order valence-corrected chi connectivity index (χ1v) is 7.11. The quantitative estimate of drug-likeness (QED) is 0.903. The molecule has 2 saturated heterocycles. The summed E-state index contributed by atoms with van der Waals surface area (Å²) in [4.78, 5) is 11.2. The predicted octanol–water partition coefficient (Wildman–Crippen LogP) is 2.18. The van der Waals surface area contributed by atoms with Crippen LogP contribution in [0.3, 0.4) is 0 Å². The predicted molar refractivity (Wildman–Crippen MR) is 80.0 cm³/mol. The van der Waals surface area contributed by atoms with Crippen molar-refractivity contribution in [3.8, 4) is 0 Å². The highest BCUT2D eigenvalue weighted by Gasteiger charge is 2.28. The lowest BCUT2D eigenvalue weighted by molar-refractivity contribution is 0.317. The standard InChI is InChI=1S/C14H22N4.ClH/c1-11-4-8-16-14(17-11)18-9-5-12(6-10-18)13-3-2-7-15-13;/h4,8,12-13,15H,2-3,5-7,9-10H2,1H3;1H. The number of hydrogen-bond acceptors (Lipinski definition) is 4. The van der Waals surface area contributed by atoms with E-state index in [9.17, 15) is 0 Å². The molecule has 0 aliphatic carbocycles. The molecule has 0 spiro atoms. The van der Waals surface area contributed by atoms with E-state index in [4.69, 9.17) is 0 Å². The molecular weight excluding hydrogens is 260 g/mol. The van der Waals surface area contributed by atoms with Gasteiger partial charge in [-0.2, -0.15) is 0 Å². The number of hydrogen-bond donors (Lipinski definition) is 1. The van der Waals surface area contributed by atoms with Gasteiger partial charge in [0.2, 0.25) is 5.95 Å². The molecule has 5 heteroatoms. The van der Waals surface area contributed by atoms with Gasteiger partial charge in [0.15, 0.2) is 0 Å². The van der Waals surface area contributed by atoms with Gasteiger partial charge in [-0.25, -0.2) is 9.97 Å². The lowest BCUT2D eigenvalue weighted by atomic mass is 9.89. The molecule has 4 nitrogen and oxygen atoms in total. The number of aromatic nitrogens is 2. The molecule has 2 aliphatic heterocycles. The molecule has 3 heterocycles. The van der Waals surface area contributed by atoms with Crippen molar-refractivity contribution in [3.05, 3.63) is 18.0 Å². The van der Waals surface area contributed by atoms with Crippen molar-refractivity contribution in [1.29, 1.82) is 0 Å². The Hall–Kier alpha value is -0.870. The third-order valence-corrected chi connectivity index (χ3v) is 4.27. The summed E-state index contributed by atoms with van der Waals surface area (Å²) in [6.07, 6.45) is 7.13. The third kappa shape index (κ3) is 3.37. The van der Waals surface area contributed by atoms with Gasteiger partial charge in [-0.05, 0) is 51.1 Å². The molecule has 19 heavy (non-hydrogen) atoms. The molecule has 0 aromatic carbocycles. The van der Waals surface area contributed by atoms with Crippen LogP contribution in [-0.4, -0.2) is 35.6 Å². The molecular formula is C14H23ClN4. The average Bonchev–Trinajstić information content (AvgIpc) is 2.93. The Bertz CT molecular complexity index is 398. The summed E-state index contributed by atoms with van der Waals surface area (Å²) in [6.45, 7) is 5.45. The number of aryl methyl sites for hydroxylation is 1. The topological polar surface area (TPSA) is 41.1 Å². The minimum atomic E-state index is 0. The highest BCUT2D eigenvalue weighted by atomic mass is 35.5. The third-order valence-electron chi connectivity index (χ3n) is 4.27. The van der Waals surface area contributed by atoms with Crippen molar-refractivity contribution < 1.29 is 0 Å². The first-order chi connectivity index (χ1) is 8.83. The van der Waals surface area contributed by atoms with Crippen LogP contribution in [0.25, 0.3) is 0 Å². The van der Waals surface area contributed by atoms with Crippen LogP contribution in [0.2, 0.25) is 0 Å². The minimum absolute atomic E-state index is 0. The Morgan fingerprint density at radius 2 is 2.05 bits per heavy atom. The number of rotatable bonds is 2. The van der Waals surface area contributed by atoms with Gasteiger partial charge in [-0.3, -0.25) is 0 Å². The number of nitrogens with zero attached hydrogens (tertiary/aromatic N) is 3. The molecule has 2 fully saturated rings. The van der Waals surface area contributed by atoms with E-state index in [0.29, 0.717) is 0 Å². The summed E-state index contributed by atoms with van der Waals surface area (Å²) in [7, 11) is 0. The van der Waals surface area contributed by atoms with Crippen molar-refractivity contribution in [2.75, 3.05) is 24.5 Å². The second kappa shape index (κ2) is 6.53. The smallest absolute Gasteiger partial charge is 0.225 e. The van der Waals surface area contributed by atoms with Crippen molar-refractivity contribution >= 4 is 18.4 Å². The number of piperidine rings is 1. The van der Waals surface area contributed by atoms with Crippen LogP contribution in [0.1, 0.15) is 31.4 Å². The minimum Gasteiger partial charge on any atom is -0.341 e. The summed E-state index contributed by atoms with van der Waals surface area (Å²) >= 11 is 0. The zero-order valence-corrected chi connectivity index (χ0v) is 12.3. The van der Waals surface area contributed by atoms with Crippen molar-refractivity contribution in [2.24, 2.45) is 5.92 Å². The molecule has 0 radical (unpaired) electrons. The van der Waals surface area contributed by atoms with Gasteiger partial charge >= 0.3 is 0 Å². The highest BCUT2D eigenvalue weighted by Crippen LogP contribution is 2.26. The zero-order valence-electron chi connectivity index (χ0n) is 11.5. The molecule has 1 atom stereocenters. The van der Waals surface area contributed by atoms with Gasteiger partial charge < -0.3 is 10.2 Å². The van der Waals surface area contributed by atoms with Gasteiger partial charge in [-0.15, -0.1) is 12.4 Å². The molecule has 3 rings (SSSR count). The molecule has 0 bridgehead atoms. The van der Waals surface area contributed by atoms with E-state index in [1.807, 2.05) is 19.2 Å². The summed E-state index contributed by atoms with van der Waals surface area (Å²) in [5.74, 6) is 1.77. The Balaban J connectivity index is 0.00000133. The molecule has 1 aromatic heterocycles. The molecule has 106 valence electrons. The summed E-state index contributed by atoms with van der Waals surface area (Å²) in [5.41, 5.74) is 1.06. The maximum Gasteiger partial charge on any atom is 0.225 e. The van der Waals surface area contributed by atoms with Gasteiger partial charge in [0.05, 0.1) is 0 Å². The molecule has 2 aliphatic rings. The second-order valence-corrected chi connectivity index (χ2v) is 5.53. The first kappa shape index (κ1) is 14.5. The number of anilines is 1. The first-order valence-electron chi connectivity index (χ1n) is 7.11. The van der Waals surface area contributed by atoms with E-state index in [-0.39, 0.29) is 12.4 Å². The fourth-order valence-corrected chi connectivity index (χ4v) is 3.20. The van der Waals surface area contributed by atoms with E-state index in [2.05, 4.69) is 20.2 Å². The Morgan fingerprint density at radius 1 is 1.26 bits per heavy atom. The lowest BCUT2D eigenvalue weighted by Crippen LogP contribution is -2.41. The average molecular weight is 283 g/mol. The van der Waals surface area contributed by atoms with Gasteiger partial charge in [-0.1, -0.05) is 0 Å². The maximum absolute atomic E-state index is 4.52. The monoisotopic (exact) mass is 282 g/mol. The molecule has 1 unspecified atom stereocenters. The van der Waals surface area contributed by atoms with Crippen LogP contribution in [-0.2, 0) is 0 Å². The van der Waals surface area contributed by atoms with Crippen LogP contribution in [0.15, 0.2) is 12.3 Å². The highest BCUT2D eigenvalue weighted by molar-refractivity contribution is 5.85. The SMILES string of the molecule is Cc1ccnc(N2CCC(C3CCCN3)CC2)n1.Cl. The van der Waals surface area contributed by atoms with E-state index >= 15 is 0 Å². The van der Waals surface area contributed by atoms with E-state index in [1.165, 1.54) is 32.2 Å². The van der Waals surface area contributed by atoms with Crippen LogP contribution in [0.4, 0.5) is 5.95 Å². The fourth-order valence-electron chi connectivity index (χ4n) is 3.20. The van der Waals surface area contributed by atoms with E-state index in [1.54, 1.807) is 0 Å². The Morgan fingerprint density at radius 3 is 2.68 bits per heavy atom. The number of halogens is 1. The van der Waals surface area contributed by atoms with Gasteiger partial charge in [0, 0.05) is 31.0 Å². The fraction of sp³-hybridized carbons (Fsp3) is 0.714. The molecule has 0 amide bonds. The summed E-state index contributed by atoms with van der Waals surface area (Å²) in [6, 6.07) is 2.73. The maximum atomic E-state index is 4.52. The van der Waals surface area contributed by atoms with Crippen LogP contribution in [0.5, 0.6) is 0 Å².